The molecule has 0 radical (unpaired) electrons. The Labute approximate surface area is 229 Å². The number of benzene rings is 2. The number of carbonyl (C=O) groups is 2. The van der Waals surface area contributed by atoms with Gasteiger partial charge in [0.2, 0.25) is 12.0 Å². The van der Waals surface area contributed by atoms with Crippen molar-refractivity contribution in [3.05, 3.63) is 95.1 Å². The molecule has 212 valence electrons. The number of carbonyl (C=O) groups excluding carboxylic acids is 2. The number of primary amides is 1. The van der Waals surface area contributed by atoms with Crippen LogP contribution in [0.3, 0.4) is 0 Å². The first kappa shape index (κ1) is 29.0. The van der Waals surface area contributed by atoms with E-state index in [-0.39, 0.29) is 29.4 Å². The maximum atomic E-state index is 14.9. The number of oxazole rings is 1. The van der Waals surface area contributed by atoms with Gasteiger partial charge in [-0.1, -0.05) is 18.2 Å². The smallest absolute Gasteiger partial charge is 0.416 e. The number of amides is 2. The molecule has 4 rings (SSSR count). The van der Waals surface area contributed by atoms with E-state index in [1.807, 2.05) is 0 Å². The zero-order valence-electron chi connectivity index (χ0n) is 21.2. The first-order valence-corrected chi connectivity index (χ1v) is 11.8. The van der Waals surface area contributed by atoms with Crippen LogP contribution in [-0.4, -0.2) is 36.4 Å². The predicted molar refractivity (Wildman–Crippen MR) is 136 cm³/mol. The molecule has 15 heteroatoms. The van der Waals surface area contributed by atoms with Gasteiger partial charge in [0.15, 0.2) is 19.4 Å². The van der Waals surface area contributed by atoms with E-state index in [0.717, 1.165) is 24.3 Å². The summed E-state index contributed by atoms with van der Waals surface area (Å²) < 4.78 is 84.2. The van der Waals surface area contributed by atoms with Gasteiger partial charge in [-0.15, -0.1) is 0 Å². The molecule has 41 heavy (non-hydrogen) atoms. The molecule has 0 saturated carbocycles. The van der Waals surface area contributed by atoms with Gasteiger partial charge in [0.05, 0.1) is 23.5 Å². The highest BCUT2D eigenvalue weighted by Crippen LogP contribution is 2.32. The molecule has 2 heterocycles. The van der Waals surface area contributed by atoms with E-state index in [0.29, 0.717) is 5.69 Å². The van der Waals surface area contributed by atoms with Gasteiger partial charge in [-0.3, -0.25) is 9.78 Å². The lowest BCUT2D eigenvalue weighted by Gasteiger charge is -2.18. The van der Waals surface area contributed by atoms with Crippen LogP contribution in [-0.2, 0) is 17.5 Å². The van der Waals surface area contributed by atoms with Gasteiger partial charge in [0.25, 0.3) is 5.91 Å². The van der Waals surface area contributed by atoms with Crippen molar-refractivity contribution in [2.24, 2.45) is 5.73 Å². The fourth-order valence-electron chi connectivity index (χ4n) is 3.67. The average Bonchev–Trinajstić information content (AvgIpc) is 3.32. The van der Waals surface area contributed by atoms with Gasteiger partial charge in [-0.2, -0.15) is 13.2 Å². The number of pyridine rings is 1. The second-order valence-electron chi connectivity index (χ2n) is 8.51. The lowest BCUT2D eigenvalue weighted by atomic mass is 9.98. The molecule has 1 unspecified atom stereocenters. The second kappa shape index (κ2) is 12.1. The Morgan fingerprint density at radius 2 is 1.80 bits per heavy atom. The Balaban J connectivity index is 1.60. The summed E-state index contributed by atoms with van der Waals surface area (Å²) in [6, 6.07) is 10.8. The molecule has 4 aromatic rings. The Morgan fingerprint density at radius 1 is 1.07 bits per heavy atom. The number of nitrogens with zero attached hydrogens (tertiary/aromatic N) is 2. The van der Waals surface area contributed by atoms with E-state index < -0.39 is 59.4 Å². The summed E-state index contributed by atoms with van der Waals surface area (Å²) >= 11 is 0. The molecule has 3 N–H and O–H groups in total. The van der Waals surface area contributed by atoms with E-state index >= 15 is 0 Å². The third kappa shape index (κ3) is 6.98. The summed E-state index contributed by atoms with van der Waals surface area (Å²) in [5.74, 6) is -4.90. The zero-order chi connectivity index (χ0) is 29.7. The van der Waals surface area contributed by atoms with Crippen molar-refractivity contribution in [2.45, 2.75) is 18.8 Å². The fourth-order valence-corrected chi connectivity index (χ4v) is 3.67. The molecule has 2 amide bonds. The molecule has 2 aromatic carbocycles. The van der Waals surface area contributed by atoms with Crippen LogP contribution < -0.4 is 21.4 Å². The first-order valence-electron chi connectivity index (χ1n) is 11.8. The van der Waals surface area contributed by atoms with Crippen molar-refractivity contribution in [3.8, 4) is 17.0 Å². The number of hydrogen-bond acceptors (Lipinski definition) is 7. The van der Waals surface area contributed by atoms with Gasteiger partial charge >= 0.3 is 12.3 Å². The Morgan fingerprint density at radius 3 is 2.44 bits per heavy atom. The monoisotopic (exact) mass is 574 g/mol. The van der Waals surface area contributed by atoms with Crippen molar-refractivity contribution in [3.63, 3.8) is 0 Å². The van der Waals surface area contributed by atoms with Gasteiger partial charge in [0, 0.05) is 11.8 Å². The number of ether oxygens (including phenoxy) is 2. The summed E-state index contributed by atoms with van der Waals surface area (Å²) in [6.07, 6.45) is -5.37. The zero-order valence-corrected chi connectivity index (χ0v) is 21.2. The van der Waals surface area contributed by atoms with E-state index in [9.17, 15) is 31.5 Å². The predicted octanol–water partition coefficient (Wildman–Crippen LogP) is 3.44. The minimum absolute atomic E-state index is 0.0237. The van der Waals surface area contributed by atoms with Crippen molar-refractivity contribution >= 4 is 25.5 Å². The van der Waals surface area contributed by atoms with E-state index in [2.05, 4.69) is 15.3 Å². The highest BCUT2D eigenvalue weighted by Gasteiger charge is 2.31. The third-order valence-corrected chi connectivity index (χ3v) is 5.65. The average molecular weight is 574 g/mol. The molecule has 0 saturated heterocycles. The molecule has 2 aromatic heterocycles. The number of hydrogen-bond donors (Lipinski definition) is 2. The van der Waals surface area contributed by atoms with Gasteiger partial charge in [-0.05, 0) is 36.4 Å². The van der Waals surface area contributed by atoms with Crippen molar-refractivity contribution in [1.29, 1.82) is 0 Å². The van der Waals surface area contributed by atoms with Gasteiger partial charge < -0.3 is 24.9 Å². The summed E-state index contributed by atoms with van der Waals surface area (Å²) in [6.45, 7) is -0.584. The maximum Gasteiger partial charge on any atom is 0.416 e. The standard InChI is InChI=1S/C26H20BF5N4O5/c27-22-21(13-4-6-14(7-5-13)26(30,31)32)36-24(41-22)18(12-39-25(38)35-11-15-3-1-2-10-34-15)40-17-9-8-16(28)19(20(17)29)23(33)37/h1-10,18H,11-12,27H2,(H2,33,37)(H,35,38). The van der Waals surface area contributed by atoms with E-state index in [1.165, 1.54) is 26.2 Å². The molecule has 0 aliphatic carbocycles. The van der Waals surface area contributed by atoms with Crippen LogP contribution in [0.15, 0.2) is 65.2 Å². The lowest BCUT2D eigenvalue weighted by molar-refractivity contribution is -0.137. The Bertz CT molecular complexity index is 1550. The highest BCUT2D eigenvalue weighted by atomic mass is 19.4. The number of aromatic nitrogens is 2. The van der Waals surface area contributed by atoms with Crippen LogP contribution in [0.5, 0.6) is 5.75 Å². The number of alkyl carbamates (subject to hydrolysis) is 1. The maximum absolute atomic E-state index is 14.9. The van der Waals surface area contributed by atoms with Crippen LogP contribution in [0, 0.1) is 11.6 Å². The molecule has 0 aliphatic heterocycles. The molecule has 0 aliphatic rings. The van der Waals surface area contributed by atoms with E-state index in [1.54, 1.807) is 18.2 Å². The van der Waals surface area contributed by atoms with Crippen LogP contribution >= 0.6 is 0 Å². The van der Waals surface area contributed by atoms with Gasteiger partial charge in [-0.25, -0.2) is 18.6 Å². The number of nitrogens with one attached hydrogen (secondary N) is 1. The first-order chi connectivity index (χ1) is 19.4. The summed E-state index contributed by atoms with van der Waals surface area (Å²) in [5, 5.41) is 2.47. The molecule has 9 nitrogen and oxygen atoms in total. The van der Waals surface area contributed by atoms with Crippen LogP contribution in [0.2, 0.25) is 0 Å². The van der Waals surface area contributed by atoms with Crippen molar-refractivity contribution in [1.82, 2.24) is 15.3 Å². The quantitative estimate of drug-likeness (QED) is 0.232. The number of halogens is 5. The molecule has 0 spiro atoms. The van der Waals surface area contributed by atoms with E-state index in [4.69, 9.17) is 19.6 Å². The largest absolute Gasteiger partial charge is 0.474 e. The lowest BCUT2D eigenvalue weighted by Crippen LogP contribution is -2.27. The van der Waals surface area contributed by atoms with Crippen LogP contribution in [0.4, 0.5) is 26.7 Å². The number of rotatable bonds is 9. The number of alkyl halides is 3. The third-order valence-electron chi connectivity index (χ3n) is 5.65. The molecular weight excluding hydrogens is 554 g/mol. The topological polar surface area (TPSA) is 130 Å². The normalized spacial score (nSPS) is 12.0. The van der Waals surface area contributed by atoms with Crippen molar-refractivity contribution < 1.29 is 45.4 Å². The molecular formula is C26H20BF5N4O5. The molecule has 0 bridgehead atoms. The molecule has 1 atom stereocenters. The Hall–Kier alpha value is -4.95. The van der Waals surface area contributed by atoms with Crippen molar-refractivity contribution in [2.75, 3.05) is 6.61 Å². The second-order valence-corrected chi connectivity index (χ2v) is 8.51. The van der Waals surface area contributed by atoms with Gasteiger partial charge in [0.1, 0.15) is 23.7 Å². The summed E-state index contributed by atoms with van der Waals surface area (Å²) in [5.41, 5.74) is 4.25. The SMILES string of the molecule is Bc1oc(C(COC(=O)NCc2ccccn2)Oc2ccc(F)c(C(N)=O)c2F)nc1-c1ccc(C(F)(F)F)cc1. The van der Waals surface area contributed by atoms with Crippen LogP contribution in [0.25, 0.3) is 11.3 Å². The minimum atomic E-state index is -4.54. The highest BCUT2D eigenvalue weighted by molar-refractivity contribution is 6.33. The molecule has 0 fully saturated rings. The fraction of sp³-hybridized carbons (Fsp3) is 0.154. The summed E-state index contributed by atoms with van der Waals surface area (Å²) in [7, 11) is 1.48. The minimum Gasteiger partial charge on any atom is -0.474 e. The van der Waals surface area contributed by atoms with Crippen LogP contribution in [0.1, 0.15) is 33.6 Å². The number of nitrogens with two attached hydrogens (primary N) is 1. The Kier molecular flexibility index (Phi) is 8.55. The summed E-state index contributed by atoms with van der Waals surface area (Å²) in [4.78, 5) is 32.2.